The third kappa shape index (κ3) is 3.45. The summed E-state index contributed by atoms with van der Waals surface area (Å²) in [6, 6.07) is 9.99. The molecule has 20 heavy (non-hydrogen) atoms. The van der Waals surface area contributed by atoms with E-state index < -0.39 is 0 Å². The molecular formula is C15H17FN2O2. The Hall–Kier alpha value is -2.14. The van der Waals surface area contributed by atoms with Gasteiger partial charge >= 0.3 is 5.97 Å². The van der Waals surface area contributed by atoms with Crippen LogP contribution in [0, 0.1) is 5.82 Å². The van der Waals surface area contributed by atoms with E-state index in [1.54, 1.807) is 18.2 Å². The first kappa shape index (κ1) is 14.3. The molecule has 0 amide bonds. The largest absolute Gasteiger partial charge is 0.464 e. The van der Waals surface area contributed by atoms with Crippen LogP contribution in [0.2, 0.25) is 0 Å². The minimum absolute atomic E-state index is 0.0838. The molecule has 2 aromatic rings. The fraction of sp³-hybridized carbons (Fsp3) is 0.267. The molecule has 0 fully saturated rings. The Labute approximate surface area is 117 Å². The van der Waals surface area contributed by atoms with Crippen LogP contribution in [0.3, 0.4) is 0 Å². The molecule has 1 aromatic heterocycles. The second-order valence-electron chi connectivity index (χ2n) is 4.54. The van der Waals surface area contributed by atoms with E-state index in [2.05, 4.69) is 15.0 Å². The van der Waals surface area contributed by atoms with Gasteiger partial charge in [0.25, 0.3) is 0 Å². The number of aromatic nitrogens is 1. The van der Waals surface area contributed by atoms with Crippen molar-refractivity contribution < 1.29 is 13.9 Å². The average molecular weight is 276 g/mol. The highest BCUT2D eigenvalue weighted by atomic mass is 19.1. The van der Waals surface area contributed by atoms with Crippen LogP contribution in [0.1, 0.15) is 34.7 Å². The summed E-state index contributed by atoms with van der Waals surface area (Å²) >= 11 is 0. The van der Waals surface area contributed by atoms with E-state index in [-0.39, 0.29) is 17.8 Å². The molecule has 0 aliphatic rings. The molecule has 1 aromatic carbocycles. The molecule has 5 heteroatoms. The number of H-pyrrole nitrogens is 1. The maximum absolute atomic E-state index is 12.8. The van der Waals surface area contributed by atoms with Gasteiger partial charge in [-0.15, -0.1) is 0 Å². The number of hydrogen-bond donors (Lipinski definition) is 2. The summed E-state index contributed by atoms with van der Waals surface area (Å²) in [7, 11) is 1.34. The third-order valence-electron chi connectivity index (χ3n) is 3.12. The number of methoxy groups -OCH3 is 1. The molecule has 2 rings (SSSR count). The van der Waals surface area contributed by atoms with Crippen molar-refractivity contribution in [1.29, 1.82) is 0 Å². The normalized spacial score (nSPS) is 12.2. The number of benzene rings is 1. The molecule has 2 N–H and O–H groups in total. The van der Waals surface area contributed by atoms with Gasteiger partial charge in [0.1, 0.15) is 11.5 Å². The van der Waals surface area contributed by atoms with Gasteiger partial charge in [-0.3, -0.25) is 0 Å². The Morgan fingerprint density at radius 2 is 2.00 bits per heavy atom. The lowest BCUT2D eigenvalue weighted by atomic mass is 10.1. The zero-order valence-corrected chi connectivity index (χ0v) is 11.4. The lowest BCUT2D eigenvalue weighted by Gasteiger charge is -2.13. The van der Waals surface area contributed by atoms with Crippen molar-refractivity contribution in [2.45, 2.75) is 19.5 Å². The van der Waals surface area contributed by atoms with E-state index in [1.165, 1.54) is 19.2 Å². The highest BCUT2D eigenvalue weighted by Crippen LogP contribution is 2.13. The summed E-state index contributed by atoms with van der Waals surface area (Å²) < 4.78 is 17.5. The van der Waals surface area contributed by atoms with Gasteiger partial charge in [-0.05, 0) is 36.8 Å². The summed E-state index contributed by atoms with van der Waals surface area (Å²) in [6.45, 7) is 2.58. The number of nitrogens with one attached hydrogen (secondary N) is 2. The van der Waals surface area contributed by atoms with Crippen LogP contribution in [0.25, 0.3) is 0 Å². The van der Waals surface area contributed by atoms with E-state index in [0.717, 1.165) is 11.3 Å². The first-order chi connectivity index (χ1) is 9.60. The zero-order chi connectivity index (χ0) is 14.5. The molecule has 4 nitrogen and oxygen atoms in total. The van der Waals surface area contributed by atoms with Crippen molar-refractivity contribution in [3.05, 3.63) is 59.2 Å². The molecular weight excluding hydrogens is 259 g/mol. The number of carbonyl (C=O) groups excluding carboxylic acids is 1. The van der Waals surface area contributed by atoms with Gasteiger partial charge in [0.15, 0.2) is 0 Å². The summed E-state index contributed by atoms with van der Waals surface area (Å²) in [5, 5.41) is 3.30. The number of hydrogen-bond acceptors (Lipinski definition) is 3. The molecule has 1 atom stereocenters. The van der Waals surface area contributed by atoms with Gasteiger partial charge in [0, 0.05) is 18.3 Å². The maximum Gasteiger partial charge on any atom is 0.354 e. The number of ether oxygens (including phenoxy) is 1. The monoisotopic (exact) mass is 276 g/mol. The van der Waals surface area contributed by atoms with Crippen LogP contribution in [0.4, 0.5) is 4.39 Å². The summed E-state index contributed by atoms with van der Waals surface area (Å²) in [4.78, 5) is 14.3. The molecule has 0 spiro atoms. The highest BCUT2D eigenvalue weighted by Gasteiger charge is 2.09. The van der Waals surface area contributed by atoms with Gasteiger partial charge in [-0.25, -0.2) is 9.18 Å². The van der Waals surface area contributed by atoms with Gasteiger partial charge < -0.3 is 15.0 Å². The first-order valence-electron chi connectivity index (χ1n) is 6.35. The molecule has 0 aliphatic carbocycles. The van der Waals surface area contributed by atoms with Crippen LogP contribution in [0.15, 0.2) is 36.4 Å². The Balaban J connectivity index is 1.93. The summed E-state index contributed by atoms with van der Waals surface area (Å²) in [5.41, 5.74) is 2.32. The maximum atomic E-state index is 12.8. The van der Waals surface area contributed by atoms with Crippen molar-refractivity contribution in [3.63, 3.8) is 0 Å². The van der Waals surface area contributed by atoms with Gasteiger partial charge in [0.05, 0.1) is 7.11 Å². The van der Waals surface area contributed by atoms with Crippen molar-refractivity contribution in [2.24, 2.45) is 0 Å². The van der Waals surface area contributed by atoms with E-state index in [4.69, 9.17) is 0 Å². The SMILES string of the molecule is COC(=O)c1ccc(CN[C@H](C)c2ccc(F)cc2)[nH]1. The number of halogens is 1. The van der Waals surface area contributed by atoms with Crippen LogP contribution in [0.5, 0.6) is 0 Å². The Morgan fingerprint density at radius 1 is 1.30 bits per heavy atom. The van der Waals surface area contributed by atoms with E-state index >= 15 is 0 Å². The minimum Gasteiger partial charge on any atom is -0.464 e. The van der Waals surface area contributed by atoms with Crippen LogP contribution < -0.4 is 5.32 Å². The zero-order valence-electron chi connectivity index (χ0n) is 11.4. The topological polar surface area (TPSA) is 54.1 Å². The number of carbonyl (C=O) groups is 1. The second kappa shape index (κ2) is 6.34. The predicted octanol–water partition coefficient (Wildman–Crippen LogP) is 2.79. The minimum atomic E-state index is -0.386. The summed E-state index contributed by atoms with van der Waals surface area (Å²) in [5.74, 6) is -0.629. The predicted molar refractivity (Wildman–Crippen MR) is 73.8 cm³/mol. The molecule has 0 saturated carbocycles. The molecule has 106 valence electrons. The van der Waals surface area contributed by atoms with Gasteiger partial charge in [-0.1, -0.05) is 12.1 Å². The molecule has 0 unspecified atom stereocenters. The van der Waals surface area contributed by atoms with E-state index in [0.29, 0.717) is 12.2 Å². The average Bonchev–Trinajstić information content (AvgIpc) is 2.93. The standard InChI is InChI=1S/C15H17FN2O2/c1-10(11-3-5-12(16)6-4-11)17-9-13-7-8-14(18-13)15(19)20-2/h3-8,10,17-18H,9H2,1-2H3/t10-/m1/s1. The third-order valence-corrected chi connectivity index (χ3v) is 3.12. The van der Waals surface area contributed by atoms with Gasteiger partial charge in [-0.2, -0.15) is 0 Å². The number of esters is 1. The summed E-state index contributed by atoms with van der Waals surface area (Å²) in [6.07, 6.45) is 0. The lowest BCUT2D eigenvalue weighted by Crippen LogP contribution is -2.18. The van der Waals surface area contributed by atoms with Crippen molar-refractivity contribution in [3.8, 4) is 0 Å². The lowest BCUT2D eigenvalue weighted by molar-refractivity contribution is 0.0594. The van der Waals surface area contributed by atoms with E-state index in [1.807, 2.05) is 13.0 Å². The Morgan fingerprint density at radius 3 is 2.65 bits per heavy atom. The molecule has 0 bridgehead atoms. The highest BCUT2D eigenvalue weighted by molar-refractivity contribution is 5.87. The quantitative estimate of drug-likeness (QED) is 0.826. The fourth-order valence-electron chi connectivity index (χ4n) is 1.90. The van der Waals surface area contributed by atoms with E-state index in [9.17, 15) is 9.18 Å². The van der Waals surface area contributed by atoms with Crippen molar-refractivity contribution in [1.82, 2.24) is 10.3 Å². The van der Waals surface area contributed by atoms with Gasteiger partial charge in [0.2, 0.25) is 0 Å². The van der Waals surface area contributed by atoms with Crippen LogP contribution in [-0.2, 0) is 11.3 Å². The van der Waals surface area contributed by atoms with Crippen LogP contribution in [-0.4, -0.2) is 18.1 Å². The smallest absolute Gasteiger partial charge is 0.354 e. The first-order valence-corrected chi connectivity index (χ1v) is 6.35. The van der Waals surface area contributed by atoms with Crippen molar-refractivity contribution >= 4 is 5.97 Å². The molecule has 0 aliphatic heterocycles. The van der Waals surface area contributed by atoms with Crippen LogP contribution >= 0.6 is 0 Å². The number of aromatic amines is 1. The number of rotatable bonds is 5. The van der Waals surface area contributed by atoms with Crippen molar-refractivity contribution in [2.75, 3.05) is 7.11 Å². The fourth-order valence-corrected chi connectivity index (χ4v) is 1.90. The molecule has 1 heterocycles. The molecule has 0 radical (unpaired) electrons. The second-order valence-corrected chi connectivity index (χ2v) is 4.54. The Kier molecular flexibility index (Phi) is 4.53. The molecule has 0 saturated heterocycles. The Bertz CT molecular complexity index is 578.